The molecule has 8 heteroatoms. The maximum Gasteiger partial charge on any atom is 0.251 e. The first-order valence-electron chi connectivity index (χ1n) is 7.80. The summed E-state index contributed by atoms with van der Waals surface area (Å²) in [5.74, 6) is -1.89. The average Bonchev–Trinajstić information content (AvgIpc) is 3.05. The van der Waals surface area contributed by atoms with Crippen molar-refractivity contribution in [2.45, 2.75) is 13.3 Å². The molecule has 0 amide bonds. The highest BCUT2D eigenvalue weighted by atomic mass is 19.1. The lowest BCUT2D eigenvalue weighted by Crippen LogP contribution is -2.03. The normalized spacial score (nSPS) is 11.2. The van der Waals surface area contributed by atoms with Gasteiger partial charge in [-0.05, 0) is 30.2 Å². The summed E-state index contributed by atoms with van der Waals surface area (Å²) < 4.78 is 28.6. The largest absolute Gasteiger partial charge is 0.491 e. The molecule has 3 heterocycles. The van der Waals surface area contributed by atoms with Gasteiger partial charge in [-0.1, -0.05) is 6.07 Å². The lowest BCUT2D eigenvalue weighted by molar-refractivity contribution is 0.409. The highest BCUT2D eigenvalue weighted by Crippen LogP contribution is 2.21. The fourth-order valence-electron chi connectivity index (χ4n) is 2.81. The molecule has 0 bridgehead atoms. The van der Waals surface area contributed by atoms with Crippen molar-refractivity contribution in [1.29, 1.82) is 0 Å². The Kier molecular flexibility index (Phi) is 3.80. The molecule has 130 valence electrons. The first-order valence-corrected chi connectivity index (χ1v) is 7.80. The molecule has 0 spiro atoms. The minimum absolute atomic E-state index is 0.0798. The molecule has 6 nitrogen and oxygen atoms in total. The van der Waals surface area contributed by atoms with Gasteiger partial charge in [0.15, 0.2) is 11.5 Å². The van der Waals surface area contributed by atoms with Crippen molar-refractivity contribution in [1.82, 2.24) is 24.3 Å². The van der Waals surface area contributed by atoms with Crippen LogP contribution < -0.4 is 0 Å². The summed E-state index contributed by atoms with van der Waals surface area (Å²) in [6.07, 6.45) is 6.21. The van der Waals surface area contributed by atoms with E-state index in [1.165, 1.54) is 12.1 Å². The molecule has 4 rings (SSSR count). The highest BCUT2D eigenvalue weighted by Gasteiger charge is 2.14. The van der Waals surface area contributed by atoms with Crippen LogP contribution in [-0.2, 0) is 6.42 Å². The van der Waals surface area contributed by atoms with Crippen LogP contribution in [-0.4, -0.2) is 29.4 Å². The van der Waals surface area contributed by atoms with Gasteiger partial charge in [0.1, 0.15) is 11.5 Å². The van der Waals surface area contributed by atoms with Gasteiger partial charge in [0, 0.05) is 25.0 Å². The van der Waals surface area contributed by atoms with E-state index in [2.05, 4.69) is 19.9 Å². The van der Waals surface area contributed by atoms with Crippen LogP contribution in [0.4, 0.5) is 8.78 Å². The van der Waals surface area contributed by atoms with Crippen molar-refractivity contribution in [2.75, 3.05) is 0 Å². The van der Waals surface area contributed by atoms with Gasteiger partial charge in [-0.25, -0.2) is 19.3 Å². The number of imidazole rings is 1. The number of fused-ring (bicyclic) bond motifs is 1. The first-order chi connectivity index (χ1) is 12.5. The number of aryl methyl sites for hydroxylation is 1. The maximum atomic E-state index is 13.7. The van der Waals surface area contributed by atoms with Gasteiger partial charge >= 0.3 is 0 Å². The average molecular weight is 353 g/mol. The number of nitrogens with zero attached hydrogens (tertiary/aromatic N) is 5. The molecule has 1 aromatic carbocycles. The van der Waals surface area contributed by atoms with E-state index in [0.29, 0.717) is 23.5 Å². The maximum absolute atomic E-state index is 13.7. The SMILES string of the molecule is Cc1cc(F)cc(Cc2nc(-c3ncc(F)c(O)n3)cn3ccnc23)c1. The summed E-state index contributed by atoms with van der Waals surface area (Å²) >= 11 is 0. The number of halogens is 2. The second kappa shape index (κ2) is 6.14. The van der Waals surface area contributed by atoms with Crippen LogP contribution >= 0.6 is 0 Å². The second-order valence-electron chi connectivity index (χ2n) is 5.91. The predicted molar refractivity (Wildman–Crippen MR) is 89.6 cm³/mol. The van der Waals surface area contributed by atoms with Crippen LogP contribution in [0.25, 0.3) is 17.2 Å². The van der Waals surface area contributed by atoms with Crippen LogP contribution in [0, 0.1) is 18.6 Å². The van der Waals surface area contributed by atoms with Gasteiger partial charge in [0.2, 0.25) is 5.82 Å². The summed E-state index contributed by atoms with van der Waals surface area (Å²) in [5, 5.41) is 9.49. The van der Waals surface area contributed by atoms with Gasteiger partial charge in [-0.2, -0.15) is 9.37 Å². The lowest BCUT2D eigenvalue weighted by Gasteiger charge is -2.08. The fourth-order valence-corrected chi connectivity index (χ4v) is 2.81. The third-order valence-corrected chi connectivity index (χ3v) is 3.87. The van der Waals surface area contributed by atoms with Crippen molar-refractivity contribution in [3.8, 4) is 17.4 Å². The summed E-state index contributed by atoms with van der Waals surface area (Å²) in [5.41, 5.74) is 3.10. The Balaban J connectivity index is 1.83. The molecule has 0 aliphatic heterocycles. The summed E-state index contributed by atoms with van der Waals surface area (Å²) in [7, 11) is 0. The van der Waals surface area contributed by atoms with Gasteiger partial charge in [-0.15, -0.1) is 0 Å². The minimum Gasteiger partial charge on any atom is -0.491 e. The van der Waals surface area contributed by atoms with Gasteiger partial charge in [0.25, 0.3) is 5.88 Å². The quantitative estimate of drug-likeness (QED) is 0.613. The zero-order valence-electron chi connectivity index (χ0n) is 13.7. The zero-order chi connectivity index (χ0) is 18.3. The molecule has 0 fully saturated rings. The summed E-state index contributed by atoms with van der Waals surface area (Å²) in [6, 6.07) is 4.77. The van der Waals surface area contributed by atoms with Gasteiger partial charge < -0.3 is 9.51 Å². The van der Waals surface area contributed by atoms with Gasteiger partial charge in [-0.3, -0.25) is 0 Å². The van der Waals surface area contributed by atoms with Crippen LogP contribution in [0.1, 0.15) is 16.8 Å². The molecule has 0 atom stereocenters. The Labute approximate surface area is 146 Å². The standard InChI is InChI=1S/C18H13F2N5O/c1-10-4-11(6-12(19)5-10)7-14-17-21-2-3-25(17)9-15(23-14)16-22-8-13(20)18(26)24-16/h2-6,8-9H,7H2,1H3,(H,22,24,26). The Morgan fingerprint density at radius 3 is 2.73 bits per heavy atom. The number of rotatable bonds is 3. The Morgan fingerprint density at radius 1 is 1.12 bits per heavy atom. The molecule has 0 unspecified atom stereocenters. The molecular weight excluding hydrogens is 340 g/mol. The van der Waals surface area contributed by atoms with Crippen molar-refractivity contribution < 1.29 is 13.9 Å². The number of aromatic hydroxyl groups is 1. The van der Waals surface area contributed by atoms with Crippen molar-refractivity contribution in [3.63, 3.8) is 0 Å². The predicted octanol–water partition coefficient (Wildman–Crippen LogP) is 3.07. The summed E-state index contributed by atoms with van der Waals surface area (Å²) in [4.78, 5) is 16.4. The monoisotopic (exact) mass is 353 g/mol. The third kappa shape index (κ3) is 2.97. The van der Waals surface area contributed by atoms with E-state index in [1.807, 2.05) is 13.0 Å². The number of hydrogen-bond donors (Lipinski definition) is 1. The molecule has 0 aliphatic rings. The number of aromatic nitrogens is 5. The molecule has 26 heavy (non-hydrogen) atoms. The van der Waals surface area contributed by atoms with E-state index in [0.717, 1.165) is 17.3 Å². The van der Waals surface area contributed by atoms with E-state index in [1.54, 1.807) is 23.0 Å². The van der Waals surface area contributed by atoms with Crippen LogP contribution in [0.2, 0.25) is 0 Å². The Hall–Kier alpha value is -3.42. The number of benzene rings is 1. The third-order valence-electron chi connectivity index (χ3n) is 3.87. The second-order valence-corrected chi connectivity index (χ2v) is 5.91. The van der Waals surface area contributed by atoms with E-state index in [9.17, 15) is 13.9 Å². The summed E-state index contributed by atoms with van der Waals surface area (Å²) in [6.45, 7) is 1.82. The van der Waals surface area contributed by atoms with E-state index < -0.39 is 11.7 Å². The van der Waals surface area contributed by atoms with Crippen LogP contribution in [0.3, 0.4) is 0 Å². The minimum atomic E-state index is -0.909. The molecule has 0 saturated carbocycles. The molecule has 0 saturated heterocycles. The van der Waals surface area contributed by atoms with E-state index >= 15 is 0 Å². The molecule has 0 radical (unpaired) electrons. The van der Waals surface area contributed by atoms with Crippen molar-refractivity contribution in [3.05, 3.63) is 71.4 Å². The van der Waals surface area contributed by atoms with E-state index in [-0.39, 0.29) is 11.6 Å². The number of hydrogen-bond acceptors (Lipinski definition) is 5. The zero-order valence-corrected chi connectivity index (χ0v) is 13.7. The van der Waals surface area contributed by atoms with Crippen molar-refractivity contribution >= 4 is 5.65 Å². The van der Waals surface area contributed by atoms with Crippen LogP contribution in [0.5, 0.6) is 5.88 Å². The molecule has 0 aliphatic carbocycles. The van der Waals surface area contributed by atoms with Crippen LogP contribution in [0.15, 0.2) is 43.0 Å². The Morgan fingerprint density at radius 2 is 1.96 bits per heavy atom. The lowest BCUT2D eigenvalue weighted by atomic mass is 10.1. The highest BCUT2D eigenvalue weighted by molar-refractivity contribution is 5.55. The van der Waals surface area contributed by atoms with Gasteiger partial charge in [0.05, 0.1) is 11.9 Å². The Bertz CT molecular complexity index is 1110. The molecule has 4 aromatic rings. The topological polar surface area (TPSA) is 76.2 Å². The van der Waals surface area contributed by atoms with Crippen molar-refractivity contribution in [2.24, 2.45) is 0 Å². The molecular formula is C18H13F2N5O. The fraction of sp³-hybridized carbons (Fsp3) is 0.111. The van der Waals surface area contributed by atoms with E-state index in [4.69, 9.17) is 0 Å². The first kappa shape index (κ1) is 16.1. The molecule has 1 N–H and O–H groups in total. The smallest absolute Gasteiger partial charge is 0.251 e. The molecule has 3 aromatic heterocycles.